The van der Waals surface area contributed by atoms with E-state index in [0.717, 1.165) is 0 Å². The summed E-state index contributed by atoms with van der Waals surface area (Å²) in [4.78, 5) is 13.5. The molecule has 1 N–H and O–H groups in total. The van der Waals surface area contributed by atoms with Gasteiger partial charge < -0.3 is 10.1 Å². The maximum atomic E-state index is 12.3. The van der Waals surface area contributed by atoms with Gasteiger partial charge in [-0.1, -0.05) is 17.7 Å². The molecule has 0 aliphatic rings. The van der Waals surface area contributed by atoms with E-state index < -0.39 is 6.10 Å². The van der Waals surface area contributed by atoms with Crippen LogP contribution in [0.4, 0.5) is 5.82 Å². The molecule has 124 valence electrons. The van der Waals surface area contributed by atoms with Gasteiger partial charge in [-0.2, -0.15) is 5.10 Å². The minimum atomic E-state index is -0.642. The Morgan fingerprint density at radius 1 is 1.33 bits per heavy atom. The first-order valence-corrected chi connectivity index (χ1v) is 8.65. The molecule has 7 heteroatoms. The summed E-state index contributed by atoms with van der Waals surface area (Å²) < 4.78 is 7.38. The Hall–Kier alpha value is -2.31. The molecule has 0 aliphatic carbocycles. The Labute approximate surface area is 148 Å². The SMILES string of the molecule is CC(Oc1ccc(Cl)cc1)C(=O)Nc1ccnn1Cc1cccs1. The number of nitrogens with one attached hydrogen (secondary N) is 1. The van der Waals surface area contributed by atoms with Gasteiger partial charge in [-0.25, -0.2) is 4.68 Å². The maximum Gasteiger partial charge on any atom is 0.266 e. The second kappa shape index (κ2) is 7.51. The summed E-state index contributed by atoms with van der Waals surface area (Å²) in [6, 6.07) is 12.7. The number of carbonyl (C=O) groups excluding carboxylic acids is 1. The molecule has 1 amide bonds. The number of aromatic nitrogens is 2. The molecule has 0 saturated heterocycles. The highest BCUT2D eigenvalue weighted by molar-refractivity contribution is 7.09. The van der Waals surface area contributed by atoms with E-state index in [1.54, 1.807) is 59.5 Å². The fourth-order valence-electron chi connectivity index (χ4n) is 2.11. The smallest absolute Gasteiger partial charge is 0.266 e. The van der Waals surface area contributed by atoms with E-state index in [1.807, 2.05) is 17.5 Å². The first-order valence-electron chi connectivity index (χ1n) is 7.39. The van der Waals surface area contributed by atoms with Crippen molar-refractivity contribution in [3.8, 4) is 5.75 Å². The van der Waals surface area contributed by atoms with Crippen molar-refractivity contribution < 1.29 is 9.53 Å². The van der Waals surface area contributed by atoms with Gasteiger partial charge in [-0.15, -0.1) is 11.3 Å². The molecule has 2 heterocycles. The van der Waals surface area contributed by atoms with Crippen LogP contribution in [0, 0.1) is 0 Å². The highest BCUT2D eigenvalue weighted by Crippen LogP contribution is 2.18. The van der Waals surface area contributed by atoms with E-state index >= 15 is 0 Å². The van der Waals surface area contributed by atoms with Gasteiger partial charge >= 0.3 is 0 Å². The third-order valence-corrected chi connectivity index (χ3v) is 4.46. The number of halogens is 1. The normalized spacial score (nSPS) is 11.9. The van der Waals surface area contributed by atoms with Crippen LogP contribution < -0.4 is 10.1 Å². The van der Waals surface area contributed by atoms with Crippen molar-refractivity contribution in [3.05, 3.63) is 63.9 Å². The van der Waals surface area contributed by atoms with E-state index in [9.17, 15) is 4.79 Å². The summed E-state index contributed by atoms with van der Waals surface area (Å²) in [6.07, 6.45) is 1.02. The van der Waals surface area contributed by atoms with Crippen LogP contribution in [-0.4, -0.2) is 21.8 Å². The van der Waals surface area contributed by atoms with Gasteiger partial charge in [0.25, 0.3) is 5.91 Å². The molecule has 24 heavy (non-hydrogen) atoms. The lowest BCUT2D eigenvalue weighted by Crippen LogP contribution is -2.31. The predicted molar refractivity (Wildman–Crippen MR) is 95.8 cm³/mol. The van der Waals surface area contributed by atoms with E-state index in [-0.39, 0.29) is 5.91 Å². The molecular formula is C17H16ClN3O2S. The molecule has 0 aliphatic heterocycles. The molecule has 0 radical (unpaired) electrons. The summed E-state index contributed by atoms with van der Waals surface area (Å²) in [7, 11) is 0. The van der Waals surface area contributed by atoms with Gasteiger partial charge in [-0.3, -0.25) is 4.79 Å². The zero-order chi connectivity index (χ0) is 16.9. The average molecular weight is 362 g/mol. The average Bonchev–Trinajstić information content (AvgIpc) is 3.22. The zero-order valence-corrected chi connectivity index (χ0v) is 14.6. The van der Waals surface area contributed by atoms with Gasteiger partial charge in [0, 0.05) is 16.0 Å². The van der Waals surface area contributed by atoms with Crippen LogP contribution in [0.3, 0.4) is 0 Å². The second-order valence-electron chi connectivity index (χ2n) is 5.16. The predicted octanol–water partition coefficient (Wildman–Crippen LogP) is 4.05. The van der Waals surface area contributed by atoms with Crippen LogP contribution in [0.25, 0.3) is 0 Å². The van der Waals surface area contributed by atoms with E-state index in [1.165, 1.54) is 4.88 Å². The lowest BCUT2D eigenvalue weighted by atomic mass is 10.3. The van der Waals surface area contributed by atoms with E-state index in [4.69, 9.17) is 16.3 Å². The fraction of sp³-hybridized carbons (Fsp3) is 0.176. The van der Waals surface area contributed by atoms with Gasteiger partial charge in [0.1, 0.15) is 11.6 Å². The zero-order valence-electron chi connectivity index (χ0n) is 13.0. The number of benzene rings is 1. The van der Waals surface area contributed by atoms with Gasteiger partial charge in [0.15, 0.2) is 6.10 Å². The van der Waals surface area contributed by atoms with Crippen molar-refractivity contribution in [1.29, 1.82) is 0 Å². The Kier molecular flexibility index (Phi) is 5.17. The minimum absolute atomic E-state index is 0.238. The van der Waals surface area contributed by atoms with Crippen molar-refractivity contribution >= 4 is 34.7 Å². The summed E-state index contributed by atoms with van der Waals surface area (Å²) in [5, 5.41) is 9.73. The van der Waals surface area contributed by atoms with Crippen LogP contribution in [-0.2, 0) is 11.3 Å². The van der Waals surface area contributed by atoms with Gasteiger partial charge in [0.05, 0.1) is 12.7 Å². The van der Waals surface area contributed by atoms with Crippen molar-refractivity contribution in [1.82, 2.24) is 9.78 Å². The van der Waals surface area contributed by atoms with Crippen LogP contribution in [0.5, 0.6) is 5.75 Å². The quantitative estimate of drug-likeness (QED) is 0.720. The van der Waals surface area contributed by atoms with Crippen LogP contribution in [0.15, 0.2) is 54.0 Å². The number of amides is 1. The number of nitrogens with zero attached hydrogens (tertiary/aromatic N) is 2. The molecule has 2 aromatic heterocycles. The molecule has 0 fully saturated rings. The third kappa shape index (κ3) is 4.15. The minimum Gasteiger partial charge on any atom is -0.481 e. The highest BCUT2D eigenvalue weighted by atomic mass is 35.5. The van der Waals surface area contributed by atoms with Crippen molar-refractivity contribution in [2.45, 2.75) is 19.6 Å². The van der Waals surface area contributed by atoms with Crippen LogP contribution in [0.2, 0.25) is 5.02 Å². The molecule has 1 aromatic carbocycles. The second-order valence-corrected chi connectivity index (χ2v) is 6.63. The first-order chi connectivity index (χ1) is 11.6. The number of carbonyl (C=O) groups is 1. The van der Waals surface area contributed by atoms with Gasteiger partial charge in [-0.05, 0) is 42.6 Å². The molecular weight excluding hydrogens is 346 g/mol. The number of thiophene rings is 1. The Bertz CT molecular complexity index is 800. The monoisotopic (exact) mass is 361 g/mol. The number of rotatable bonds is 6. The van der Waals surface area contributed by atoms with Crippen molar-refractivity contribution in [3.63, 3.8) is 0 Å². The van der Waals surface area contributed by atoms with E-state index in [2.05, 4.69) is 10.4 Å². The number of ether oxygens (including phenoxy) is 1. The molecule has 3 rings (SSSR count). The first kappa shape index (κ1) is 16.5. The third-order valence-electron chi connectivity index (χ3n) is 3.35. The molecule has 0 bridgehead atoms. The summed E-state index contributed by atoms with van der Waals surface area (Å²) in [5.74, 6) is 0.993. The number of hydrogen-bond acceptors (Lipinski definition) is 4. The highest BCUT2D eigenvalue weighted by Gasteiger charge is 2.17. The van der Waals surface area contributed by atoms with Gasteiger partial charge in [0.2, 0.25) is 0 Å². The maximum absolute atomic E-state index is 12.3. The van der Waals surface area contributed by atoms with E-state index in [0.29, 0.717) is 23.1 Å². The Morgan fingerprint density at radius 3 is 2.83 bits per heavy atom. The number of hydrogen-bond donors (Lipinski definition) is 1. The molecule has 1 unspecified atom stereocenters. The number of anilines is 1. The largest absolute Gasteiger partial charge is 0.481 e. The molecule has 0 spiro atoms. The van der Waals surface area contributed by atoms with Crippen LogP contribution in [0.1, 0.15) is 11.8 Å². The Balaban J connectivity index is 1.62. The molecule has 0 saturated carbocycles. The fourth-order valence-corrected chi connectivity index (χ4v) is 2.93. The summed E-state index contributed by atoms with van der Waals surface area (Å²) in [6.45, 7) is 2.32. The summed E-state index contributed by atoms with van der Waals surface area (Å²) >= 11 is 7.49. The topological polar surface area (TPSA) is 56.1 Å². The molecule has 3 aromatic rings. The molecule has 1 atom stereocenters. The standard InChI is InChI=1S/C17H16ClN3O2S/c1-12(23-14-6-4-13(18)5-7-14)17(22)20-16-8-9-19-21(16)11-15-3-2-10-24-15/h2-10,12H,11H2,1H3,(H,20,22). The Morgan fingerprint density at radius 2 is 2.12 bits per heavy atom. The van der Waals surface area contributed by atoms with Crippen molar-refractivity contribution in [2.24, 2.45) is 0 Å². The molecule has 5 nitrogen and oxygen atoms in total. The lowest BCUT2D eigenvalue weighted by Gasteiger charge is -2.15. The lowest BCUT2D eigenvalue weighted by molar-refractivity contribution is -0.122. The van der Waals surface area contributed by atoms with Crippen molar-refractivity contribution in [2.75, 3.05) is 5.32 Å². The van der Waals surface area contributed by atoms with Crippen LogP contribution >= 0.6 is 22.9 Å². The summed E-state index contributed by atoms with van der Waals surface area (Å²) in [5.41, 5.74) is 0.